The van der Waals surface area contributed by atoms with Gasteiger partial charge < -0.3 is 14.2 Å². The molecule has 1 aliphatic heterocycles. The first kappa shape index (κ1) is 13.9. The van der Waals surface area contributed by atoms with Crippen LogP contribution in [0.5, 0.6) is 0 Å². The molecule has 0 spiro atoms. The van der Waals surface area contributed by atoms with Gasteiger partial charge >= 0.3 is 7.60 Å². The maximum absolute atomic E-state index is 12.3. The van der Waals surface area contributed by atoms with E-state index >= 15 is 0 Å². The summed E-state index contributed by atoms with van der Waals surface area (Å²) in [5.41, 5.74) is 0. The largest absolute Gasteiger partial charge is 0.395 e. The van der Waals surface area contributed by atoms with Crippen molar-refractivity contribution in [2.75, 3.05) is 25.6 Å². The van der Waals surface area contributed by atoms with E-state index in [0.29, 0.717) is 13.2 Å². The lowest BCUT2D eigenvalue weighted by molar-refractivity contribution is 0.222. The third-order valence-corrected chi connectivity index (χ3v) is 8.69. The molecule has 0 aromatic heterocycles. The van der Waals surface area contributed by atoms with Crippen LogP contribution in [-0.4, -0.2) is 40.3 Å². The molecule has 0 saturated carbocycles. The molecule has 15 heavy (non-hydrogen) atoms. The predicted octanol–water partition coefficient (Wildman–Crippen LogP) is 2.38. The van der Waals surface area contributed by atoms with Crippen LogP contribution < -0.4 is 0 Å². The summed E-state index contributed by atoms with van der Waals surface area (Å²) in [5, 5.41) is 9.15. The highest BCUT2D eigenvalue weighted by atomic mass is 32.2. The zero-order chi connectivity index (χ0) is 11.3. The molecule has 4 nitrogen and oxygen atoms in total. The fourth-order valence-electron chi connectivity index (χ4n) is 1.21. The second kappa shape index (κ2) is 6.52. The van der Waals surface area contributed by atoms with Gasteiger partial charge in [0, 0.05) is 11.0 Å². The first-order valence-electron chi connectivity index (χ1n) is 4.93. The van der Waals surface area contributed by atoms with E-state index in [9.17, 15) is 4.57 Å². The van der Waals surface area contributed by atoms with Crippen molar-refractivity contribution in [3.8, 4) is 0 Å². The molecule has 1 saturated heterocycles. The van der Waals surface area contributed by atoms with E-state index < -0.39 is 7.60 Å². The predicted molar refractivity (Wildman–Crippen MR) is 65.6 cm³/mol. The van der Waals surface area contributed by atoms with Crippen LogP contribution in [0.4, 0.5) is 0 Å². The van der Waals surface area contributed by atoms with Gasteiger partial charge in [-0.25, -0.2) is 0 Å². The van der Waals surface area contributed by atoms with Crippen molar-refractivity contribution in [1.82, 2.24) is 0 Å². The number of rotatable bonds is 6. The third kappa shape index (κ3) is 3.65. The molecule has 0 aliphatic carbocycles. The number of hydrogen-bond acceptors (Lipinski definition) is 6. The van der Waals surface area contributed by atoms with Gasteiger partial charge in [-0.1, -0.05) is 0 Å². The van der Waals surface area contributed by atoms with Crippen molar-refractivity contribution in [2.24, 2.45) is 0 Å². The molecule has 7 heteroatoms. The molecular formula is C8H17O4PS2. The van der Waals surface area contributed by atoms with Crippen molar-refractivity contribution >= 4 is 31.1 Å². The number of thioether (sulfide) groups is 2. The van der Waals surface area contributed by atoms with Crippen molar-refractivity contribution in [1.29, 1.82) is 0 Å². The van der Waals surface area contributed by atoms with Gasteiger partial charge in [-0.05, 0) is 13.8 Å². The fourth-order valence-corrected chi connectivity index (χ4v) is 7.55. The Bertz CT molecular complexity index is 229. The van der Waals surface area contributed by atoms with Crippen LogP contribution in [0.2, 0.25) is 0 Å². The molecule has 0 unspecified atom stereocenters. The molecule has 0 aromatic carbocycles. The zero-order valence-corrected chi connectivity index (χ0v) is 11.4. The van der Waals surface area contributed by atoms with Crippen molar-refractivity contribution in [3.63, 3.8) is 0 Å². The molecule has 1 fully saturated rings. The van der Waals surface area contributed by atoms with E-state index in [1.54, 1.807) is 25.6 Å². The van der Waals surface area contributed by atoms with Gasteiger partial charge in [-0.15, -0.1) is 23.5 Å². The molecule has 0 bridgehead atoms. The average Bonchev–Trinajstić information content (AvgIpc) is 2.67. The van der Waals surface area contributed by atoms with Gasteiger partial charge in [0.1, 0.15) is 0 Å². The maximum Gasteiger partial charge on any atom is 0.353 e. The van der Waals surface area contributed by atoms with Crippen molar-refractivity contribution in [3.05, 3.63) is 0 Å². The highest BCUT2D eigenvalue weighted by Gasteiger charge is 2.42. The summed E-state index contributed by atoms with van der Waals surface area (Å²) >= 11 is 3.05. The minimum atomic E-state index is -3.00. The van der Waals surface area contributed by atoms with Gasteiger partial charge in [-0.2, -0.15) is 0 Å². The molecule has 1 N–H and O–H groups in total. The molecule has 0 radical (unpaired) electrons. The zero-order valence-electron chi connectivity index (χ0n) is 8.92. The van der Waals surface area contributed by atoms with Crippen LogP contribution in [0, 0.1) is 0 Å². The SMILES string of the molecule is CCOP(=O)(OCC)[C@@H]1SC[C@@H](CO)S1. The molecule has 1 rings (SSSR count). The highest BCUT2D eigenvalue weighted by molar-refractivity contribution is 8.26. The summed E-state index contributed by atoms with van der Waals surface area (Å²) in [5.74, 6) is 0.802. The van der Waals surface area contributed by atoms with Crippen LogP contribution in [0.15, 0.2) is 0 Å². The van der Waals surface area contributed by atoms with Crippen molar-refractivity contribution < 1.29 is 18.7 Å². The first-order chi connectivity index (χ1) is 7.16. The van der Waals surface area contributed by atoms with Gasteiger partial charge in [0.25, 0.3) is 0 Å². The summed E-state index contributed by atoms with van der Waals surface area (Å²) in [6.07, 6.45) is 0. The molecular weight excluding hydrogens is 255 g/mol. The van der Waals surface area contributed by atoms with Gasteiger partial charge in [-0.3, -0.25) is 4.57 Å². The Labute approximate surface area is 99.0 Å². The number of aliphatic hydroxyl groups is 1. The summed E-state index contributed by atoms with van der Waals surface area (Å²) in [6.45, 7) is 4.50. The first-order valence-corrected chi connectivity index (χ1v) is 8.53. The Morgan fingerprint density at radius 3 is 2.40 bits per heavy atom. The third-order valence-electron chi connectivity index (χ3n) is 1.81. The number of hydrogen-bond donors (Lipinski definition) is 1. The molecule has 1 aliphatic rings. The van der Waals surface area contributed by atoms with E-state index in [0.717, 1.165) is 5.75 Å². The van der Waals surface area contributed by atoms with E-state index in [1.807, 2.05) is 0 Å². The smallest absolute Gasteiger partial charge is 0.353 e. The monoisotopic (exact) mass is 272 g/mol. The Morgan fingerprint density at radius 2 is 2.00 bits per heavy atom. The van der Waals surface area contributed by atoms with E-state index in [-0.39, 0.29) is 16.2 Å². The summed E-state index contributed by atoms with van der Waals surface area (Å²) in [4.78, 5) is 0. The quantitative estimate of drug-likeness (QED) is 0.749. The standard InChI is InChI=1S/C8H17O4PS2/c1-3-11-13(10,12-4-2)8-14-6-7(5-9)15-8/h7-9H,3-6H2,1-2H3/t7-,8-/m1/s1. The maximum atomic E-state index is 12.3. The molecule has 90 valence electrons. The number of aliphatic hydroxyl groups excluding tert-OH is 1. The van der Waals surface area contributed by atoms with E-state index in [1.165, 1.54) is 11.8 Å². The Morgan fingerprint density at radius 1 is 1.40 bits per heavy atom. The van der Waals surface area contributed by atoms with E-state index in [4.69, 9.17) is 14.2 Å². The molecule has 0 aromatic rings. The van der Waals surface area contributed by atoms with Crippen LogP contribution in [0.25, 0.3) is 0 Å². The van der Waals surface area contributed by atoms with Gasteiger partial charge in [0.15, 0.2) is 4.32 Å². The Kier molecular flexibility index (Phi) is 6.03. The lowest BCUT2D eigenvalue weighted by Crippen LogP contribution is -2.08. The Balaban J connectivity index is 2.61. The normalized spacial score (nSPS) is 27.1. The minimum absolute atomic E-state index is 0.117. The van der Waals surface area contributed by atoms with Crippen LogP contribution >= 0.6 is 31.1 Å². The van der Waals surface area contributed by atoms with E-state index in [2.05, 4.69) is 0 Å². The van der Waals surface area contributed by atoms with Crippen LogP contribution in [0.3, 0.4) is 0 Å². The minimum Gasteiger partial charge on any atom is -0.395 e. The second-order valence-corrected chi connectivity index (χ2v) is 8.61. The molecule has 0 amide bonds. The summed E-state index contributed by atoms with van der Waals surface area (Å²) < 4.78 is 22.6. The Hall–Kier alpha value is 0.810. The summed E-state index contributed by atoms with van der Waals surface area (Å²) in [7, 11) is -3.00. The molecule has 1 heterocycles. The van der Waals surface area contributed by atoms with Crippen molar-refractivity contribution in [2.45, 2.75) is 23.4 Å². The fraction of sp³-hybridized carbons (Fsp3) is 1.00. The lowest BCUT2D eigenvalue weighted by Gasteiger charge is -2.21. The van der Waals surface area contributed by atoms with Crippen LogP contribution in [-0.2, 0) is 13.6 Å². The van der Waals surface area contributed by atoms with Gasteiger partial charge in [0.05, 0.1) is 19.8 Å². The van der Waals surface area contributed by atoms with Crippen LogP contribution in [0.1, 0.15) is 13.8 Å². The highest BCUT2D eigenvalue weighted by Crippen LogP contribution is 2.64. The van der Waals surface area contributed by atoms with Gasteiger partial charge in [0.2, 0.25) is 0 Å². The average molecular weight is 272 g/mol. The second-order valence-electron chi connectivity index (χ2n) is 2.96. The topological polar surface area (TPSA) is 55.8 Å². The molecule has 2 atom stereocenters. The lowest BCUT2D eigenvalue weighted by atomic mass is 10.5. The summed E-state index contributed by atoms with van der Waals surface area (Å²) in [6, 6.07) is 0.